The van der Waals surface area contributed by atoms with Crippen LogP contribution >= 0.6 is 0 Å². The van der Waals surface area contributed by atoms with E-state index in [0.717, 1.165) is 22.3 Å². The molecule has 0 fully saturated rings. The van der Waals surface area contributed by atoms with E-state index >= 15 is 0 Å². The lowest BCUT2D eigenvalue weighted by atomic mass is 10.1. The Hall–Kier alpha value is -5.24. The summed E-state index contributed by atoms with van der Waals surface area (Å²) in [5.41, 5.74) is 6.74. The van der Waals surface area contributed by atoms with Gasteiger partial charge in [0.15, 0.2) is 0 Å². The van der Waals surface area contributed by atoms with Crippen LogP contribution in [0.5, 0.6) is 11.5 Å². The quantitative estimate of drug-likeness (QED) is 0.301. The second-order valence-corrected chi connectivity index (χ2v) is 10.5. The Morgan fingerprint density at radius 3 is 1.59 bits per heavy atom. The SMILES string of the molecule is O=C1c2ccc(OCOc3ccc4c(c3)N=C[C@@H]3c5ccccc5CN3C4=O)cc2N=C[C@@H]2c3ccccc3CN12. The van der Waals surface area contributed by atoms with Gasteiger partial charge in [-0.15, -0.1) is 0 Å². The first-order valence-corrected chi connectivity index (χ1v) is 13.5. The third kappa shape index (κ3) is 3.82. The van der Waals surface area contributed by atoms with Crippen LogP contribution in [-0.4, -0.2) is 40.8 Å². The van der Waals surface area contributed by atoms with Crippen LogP contribution in [0.1, 0.15) is 55.1 Å². The fraction of sp³-hybridized carbons (Fsp3) is 0.152. The third-order valence-corrected chi connectivity index (χ3v) is 8.18. The van der Waals surface area contributed by atoms with E-state index in [1.165, 1.54) is 0 Å². The Labute approximate surface area is 236 Å². The maximum atomic E-state index is 13.3. The minimum atomic E-state index is -0.173. The summed E-state index contributed by atoms with van der Waals surface area (Å²) in [4.78, 5) is 39.6. The molecule has 8 nitrogen and oxygen atoms in total. The summed E-state index contributed by atoms with van der Waals surface area (Å²) in [5, 5.41) is 0. The number of nitrogens with zero attached hydrogens (tertiary/aromatic N) is 4. The number of aliphatic imine (C=N–C) groups is 2. The van der Waals surface area contributed by atoms with Gasteiger partial charge < -0.3 is 19.3 Å². The molecule has 4 aliphatic rings. The first-order valence-electron chi connectivity index (χ1n) is 13.5. The zero-order chi connectivity index (χ0) is 27.5. The molecule has 4 heterocycles. The van der Waals surface area contributed by atoms with Gasteiger partial charge in [-0.1, -0.05) is 48.5 Å². The smallest absolute Gasteiger partial charge is 0.257 e. The molecule has 8 heteroatoms. The fourth-order valence-corrected chi connectivity index (χ4v) is 6.11. The van der Waals surface area contributed by atoms with E-state index in [-0.39, 0.29) is 30.7 Å². The molecule has 0 radical (unpaired) electrons. The molecule has 4 aromatic carbocycles. The third-order valence-electron chi connectivity index (χ3n) is 8.18. The molecule has 0 bridgehead atoms. The lowest BCUT2D eigenvalue weighted by molar-refractivity contribution is 0.0732. The molecular weight excluding hydrogens is 516 g/mol. The van der Waals surface area contributed by atoms with Crippen LogP contribution in [0.2, 0.25) is 0 Å². The number of hydrogen-bond donors (Lipinski definition) is 0. The molecule has 0 aliphatic carbocycles. The predicted octanol–water partition coefficient (Wildman–Crippen LogP) is 5.93. The molecule has 0 spiro atoms. The molecule has 4 aliphatic heterocycles. The van der Waals surface area contributed by atoms with Crippen molar-refractivity contribution >= 4 is 35.6 Å². The molecule has 0 saturated heterocycles. The molecule has 41 heavy (non-hydrogen) atoms. The molecule has 0 unspecified atom stereocenters. The lowest BCUT2D eigenvalue weighted by Gasteiger charge is -2.20. The van der Waals surface area contributed by atoms with Crippen molar-refractivity contribution in [1.82, 2.24) is 9.80 Å². The number of rotatable bonds is 4. The maximum Gasteiger partial charge on any atom is 0.257 e. The average Bonchev–Trinajstić information content (AvgIpc) is 3.49. The summed E-state index contributed by atoms with van der Waals surface area (Å²) in [6, 6.07) is 26.3. The van der Waals surface area contributed by atoms with Gasteiger partial charge >= 0.3 is 0 Å². The second kappa shape index (κ2) is 9.16. The van der Waals surface area contributed by atoms with Gasteiger partial charge in [0.1, 0.15) is 11.5 Å². The highest BCUT2D eigenvalue weighted by Crippen LogP contribution is 2.40. The van der Waals surface area contributed by atoms with Crippen molar-refractivity contribution < 1.29 is 19.1 Å². The van der Waals surface area contributed by atoms with Gasteiger partial charge in [-0.2, -0.15) is 0 Å². The van der Waals surface area contributed by atoms with E-state index in [9.17, 15) is 9.59 Å². The molecule has 2 amide bonds. The molecule has 8 rings (SSSR count). The van der Waals surface area contributed by atoms with Crippen molar-refractivity contribution in [3.05, 3.63) is 118 Å². The van der Waals surface area contributed by atoms with Crippen molar-refractivity contribution in [3.8, 4) is 11.5 Å². The molecule has 2 atom stereocenters. The average molecular weight is 541 g/mol. The van der Waals surface area contributed by atoms with Crippen LogP contribution in [0.4, 0.5) is 11.4 Å². The minimum absolute atomic E-state index is 0.0504. The Morgan fingerprint density at radius 1 is 0.634 bits per heavy atom. The van der Waals surface area contributed by atoms with E-state index < -0.39 is 0 Å². The van der Waals surface area contributed by atoms with Gasteiger partial charge in [-0.25, -0.2) is 0 Å². The number of fused-ring (bicyclic) bond motifs is 8. The summed E-state index contributed by atoms with van der Waals surface area (Å²) in [7, 11) is 0. The van der Waals surface area contributed by atoms with Crippen LogP contribution in [0.25, 0.3) is 0 Å². The van der Waals surface area contributed by atoms with E-state index in [1.807, 2.05) is 58.6 Å². The van der Waals surface area contributed by atoms with Crippen molar-refractivity contribution in [2.75, 3.05) is 6.79 Å². The molecule has 200 valence electrons. The van der Waals surface area contributed by atoms with Gasteiger partial charge in [0.05, 0.1) is 34.6 Å². The molecular formula is C33H24N4O4. The predicted molar refractivity (Wildman–Crippen MR) is 153 cm³/mol. The Kier molecular flexibility index (Phi) is 5.28. The van der Waals surface area contributed by atoms with Crippen LogP contribution in [-0.2, 0) is 13.1 Å². The molecule has 0 saturated carbocycles. The number of carbonyl (C=O) groups excluding carboxylic acids is 2. The minimum Gasteiger partial charge on any atom is -0.457 e. The largest absolute Gasteiger partial charge is 0.457 e. The number of amides is 2. The first kappa shape index (κ1) is 23.6. The topological polar surface area (TPSA) is 83.8 Å². The Balaban J connectivity index is 0.973. The van der Waals surface area contributed by atoms with E-state index in [0.29, 0.717) is 47.1 Å². The van der Waals surface area contributed by atoms with Crippen LogP contribution in [0, 0.1) is 0 Å². The van der Waals surface area contributed by atoms with Crippen molar-refractivity contribution in [2.24, 2.45) is 9.98 Å². The number of ether oxygens (including phenoxy) is 2. The number of hydrogen-bond acceptors (Lipinski definition) is 6. The van der Waals surface area contributed by atoms with Gasteiger partial charge in [0, 0.05) is 37.7 Å². The Morgan fingerprint density at radius 2 is 1.10 bits per heavy atom. The molecule has 0 N–H and O–H groups in total. The first-order chi connectivity index (χ1) is 20.1. The number of benzene rings is 4. The molecule has 0 aromatic heterocycles. The van der Waals surface area contributed by atoms with E-state index in [1.54, 1.807) is 36.4 Å². The normalized spacial score (nSPS) is 19.4. The Bertz CT molecular complexity index is 1680. The van der Waals surface area contributed by atoms with Crippen LogP contribution in [0.3, 0.4) is 0 Å². The van der Waals surface area contributed by atoms with Crippen molar-refractivity contribution in [2.45, 2.75) is 25.2 Å². The summed E-state index contributed by atoms with van der Waals surface area (Å²) in [6.07, 6.45) is 3.66. The van der Waals surface area contributed by atoms with Gasteiger partial charge in [-0.05, 0) is 46.5 Å². The zero-order valence-electron chi connectivity index (χ0n) is 21.9. The number of carbonyl (C=O) groups is 2. The monoisotopic (exact) mass is 540 g/mol. The highest BCUT2D eigenvalue weighted by molar-refractivity contribution is 6.04. The van der Waals surface area contributed by atoms with Gasteiger partial charge in [0.2, 0.25) is 6.79 Å². The van der Waals surface area contributed by atoms with Gasteiger partial charge in [-0.3, -0.25) is 19.6 Å². The fourth-order valence-electron chi connectivity index (χ4n) is 6.11. The highest BCUT2D eigenvalue weighted by Gasteiger charge is 2.36. The summed E-state index contributed by atoms with van der Waals surface area (Å²) in [5.74, 6) is 0.980. The van der Waals surface area contributed by atoms with Crippen LogP contribution < -0.4 is 9.47 Å². The second-order valence-electron chi connectivity index (χ2n) is 10.5. The van der Waals surface area contributed by atoms with Crippen molar-refractivity contribution in [3.63, 3.8) is 0 Å². The highest BCUT2D eigenvalue weighted by atomic mass is 16.7. The molecule has 4 aromatic rings. The van der Waals surface area contributed by atoms with E-state index in [2.05, 4.69) is 22.1 Å². The maximum absolute atomic E-state index is 13.3. The van der Waals surface area contributed by atoms with Gasteiger partial charge in [0.25, 0.3) is 11.8 Å². The summed E-state index contributed by atoms with van der Waals surface area (Å²) >= 11 is 0. The van der Waals surface area contributed by atoms with Crippen molar-refractivity contribution in [1.29, 1.82) is 0 Å². The summed E-state index contributed by atoms with van der Waals surface area (Å²) in [6.45, 7) is 1.08. The lowest BCUT2D eigenvalue weighted by Crippen LogP contribution is -2.29. The standard InChI is InChI=1S/C33H24N4O4/c38-32-26-11-9-22(13-28(26)34-15-30-24-7-3-1-5-20(24)17-36(30)32)40-19-41-23-10-12-27-29(14-23)35-16-31-25-8-4-2-6-21(25)18-37(31)33(27)39/h1-16,30-31H,17-19H2/t30-,31-/m1/s1. The van der Waals surface area contributed by atoms with Crippen LogP contribution in [0.15, 0.2) is 94.9 Å². The zero-order valence-corrected chi connectivity index (χ0v) is 21.9. The summed E-state index contributed by atoms with van der Waals surface area (Å²) < 4.78 is 11.7. The van der Waals surface area contributed by atoms with E-state index in [4.69, 9.17) is 9.47 Å².